The zero-order chi connectivity index (χ0) is 37.3. The quantitative estimate of drug-likeness (QED) is 0.164. The van der Waals surface area contributed by atoms with Crippen molar-refractivity contribution in [2.24, 2.45) is 5.92 Å². The highest BCUT2D eigenvalue weighted by molar-refractivity contribution is 9.11. The fourth-order valence-electron chi connectivity index (χ4n) is 4.24. The molecule has 48 heavy (non-hydrogen) atoms. The number of halogens is 1. The van der Waals surface area contributed by atoms with Crippen molar-refractivity contribution in [2.45, 2.75) is 114 Å². The number of unbranched alkanes of at least 4 members (excludes halogenated alkanes) is 1. The summed E-state index contributed by atoms with van der Waals surface area (Å²) in [4.78, 5) is 0. The smallest absolute Gasteiger partial charge is 0.123 e. The number of aromatic hydroxyl groups is 1. The summed E-state index contributed by atoms with van der Waals surface area (Å²) in [5.74, 6) is 1.77. The lowest BCUT2D eigenvalue weighted by Gasteiger charge is -2.11. The second kappa shape index (κ2) is 33.5. The van der Waals surface area contributed by atoms with Gasteiger partial charge in [0.2, 0.25) is 0 Å². The number of hydrogen-bond acceptors (Lipinski definition) is 1. The minimum absolute atomic E-state index is 0.282. The first-order valence-corrected chi connectivity index (χ1v) is 18.5. The second-order valence-corrected chi connectivity index (χ2v) is 12.4. The van der Waals surface area contributed by atoms with Crippen LogP contribution in [-0.4, -0.2) is 5.11 Å². The highest BCUT2D eigenvalue weighted by Gasteiger charge is 2.06. The molecule has 0 aromatic heterocycles. The van der Waals surface area contributed by atoms with Gasteiger partial charge >= 0.3 is 0 Å². The highest BCUT2D eigenvalue weighted by atomic mass is 79.9. The topological polar surface area (TPSA) is 20.2 Å². The van der Waals surface area contributed by atoms with Crippen LogP contribution in [0.2, 0.25) is 0 Å². The Balaban J connectivity index is -0.000000554. The summed E-state index contributed by atoms with van der Waals surface area (Å²) in [5.41, 5.74) is 6.82. The van der Waals surface area contributed by atoms with Gasteiger partial charge in [0.05, 0.1) is 0 Å². The molecule has 0 atom stereocenters. The van der Waals surface area contributed by atoms with E-state index in [1.54, 1.807) is 24.3 Å². The molecule has 0 unspecified atom stereocenters. The summed E-state index contributed by atoms with van der Waals surface area (Å²) in [6.45, 7) is 33.9. The minimum Gasteiger partial charge on any atom is -0.507 e. The monoisotopic (exact) mass is 716 g/mol. The van der Waals surface area contributed by atoms with Crippen molar-refractivity contribution in [3.05, 3.63) is 155 Å². The van der Waals surface area contributed by atoms with Gasteiger partial charge in [-0.15, -0.1) is 6.58 Å². The number of phenols is 1. The van der Waals surface area contributed by atoms with E-state index < -0.39 is 0 Å². The van der Waals surface area contributed by atoms with E-state index in [0.29, 0.717) is 5.92 Å². The molecule has 0 saturated carbocycles. The highest BCUT2D eigenvalue weighted by Crippen LogP contribution is 2.25. The van der Waals surface area contributed by atoms with Gasteiger partial charge in [0, 0.05) is 16.0 Å². The van der Waals surface area contributed by atoms with E-state index in [-0.39, 0.29) is 5.75 Å². The van der Waals surface area contributed by atoms with Crippen LogP contribution in [-0.2, 0) is 0 Å². The molecule has 0 aliphatic rings. The van der Waals surface area contributed by atoms with E-state index in [9.17, 15) is 5.11 Å². The first kappa shape index (κ1) is 49.0. The predicted octanol–water partition coefficient (Wildman–Crippen LogP) is 15.9. The van der Waals surface area contributed by atoms with Crippen LogP contribution in [0, 0.1) is 5.92 Å². The van der Waals surface area contributed by atoms with Crippen LogP contribution in [0.25, 0.3) is 5.57 Å². The van der Waals surface area contributed by atoms with Gasteiger partial charge in [-0.1, -0.05) is 211 Å². The Bertz CT molecular complexity index is 1220. The summed E-state index contributed by atoms with van der Waals surface area (Å²) in [5, 5.41) is 9.50. The lowest BCUT2D eigenvalue weighted by Crippen LogP contribution is -1.95. The van der Waals surface area contributed by atoms with Gasteiger partial charge in [-0.2, -0.15) is 0 Å². The first-order chi connectivity index (χ1) is 22.9. The van der Waals surface area contributed by atoms with Crippen LogP contribution in [0.5, 0.6) is 5.75 Å². The van der Waals surface area contributed by atoms with Gasteiger partial charge in [0.25, 0.3) is 0 Å². The van der Waals surface area contributed by atoms with E-state index in [1.807, 2.05) is 66.7 Å². The van der Waals surface area contributed by atoms with E-state index in [1.165, 1.54) is 54.4 Å². The number of hydrogen-bond donors (Lipinski definition) is 1. The van der Waals surface area contributed by atoms with Crippen molar-refractivity contribution in [3.63, 3.8) is 0 Å². The van der Waals surface area contributed by atoms with Gasteiger partial charge in [-0.05, 0) is 63.3 Å². The number of phenolic OH excluding ortho intramolecular Hbond substituents is 1. The molecule has 0 amide bonds. The van der Waals surface area contributed by atoms with Crippen molar-refractivity contribution in [2.75, 3.05) is 0 Å². The third-order valence-corrected chi connectivity index (χ3v) is 8.21. The summed E-state index contributed by atoms with van der Waals surface area (Å²) in [6, 6.07) is 28.4. The number of rotatable bonds is 10. The number of para-hydroxylation sites is 1. The van der Waals surface area contributed by atoms with Crippen LogP contribution < -0.4 is 0 Å². The molecule has 0 heterocycles. The predicted molar refractivity (Wildman–Crippen MR) is 225 cm³/mol. The van der Waals surface area contributed by atoms with Crippen LogP contribution in [0.1, 0.15) is 131 Å². The maximum absolute atomic E-state index is 9.50. The molecule has 0 saturated heterocycles. The van der Waals surface area contributed by atoms with Crippen LogP contribution in [0.3, 0.4) is 0 Å². The Labute approximate surface area is 306 Å². The molecule has 2 heteroatoms. The molecule has 0 aliphatic heterocycles. The maximum Gasteiger partial charge on any atom is 0.123 e. The second-order valence-electron chi connectivity index (χ2n) is 11.6. The van der Waals surface area contributed by atoms with E-state index in [0.717, 1.165) is 21.5 Å². The molecule has 0 radical (unpaired) electrons. The zero-order valence-electron chi connectivity index (χ0n) is 32.5. The van der Waals surface area contributed by atoms with Crippen molar-refractivity contribution in [3.8, 4) is 5.75 Å². The Kier molecular flexibility index (Phi) is 34.3. The van der Waals surface area contributed by atoms with Crippen LogP contribution in [0.4, 0.5) is 0 Å². The summed E-state index contributed by atoms with van der Waals surface area (Å²) < 4.78 is 1.09. The van der Waals surface area contributed by atoms with Crippen LogP contribution >= 0.6 is 15.9 Å². The van der Waals surface area contributed by atoms with Gasteiger partial charge in [0.15, 0.2) is 0 Å². The number of allylic oxidation sites excluding steroid dienone is 7. The van der Waals surface area contributed by atoms with Gasteiger partial charge < -0.3 is 5.11 Å². The van der Waals surface area contributed by atoms with Crippen molar-refractivity contribution in [1.82, 2.24) is 0 Å². The molecule has 3 rings (SSSR count). The lowest BCUT2D eigenvalue weighted by atomic mass is 9.93. The summed E-state index contributed by atoms with van der Waals surface area (Å²) in [6.07, 6.45) is 12.5. The van der Waals surface area contributed by atoms with Crippen LogP contribution in [0.15, 0.2) is 139 Å². The average Bonchev–Trinajstić information content (AvgIpc) is 3.10. The summed E-state index contributed by atoms with van der Waals surface area (Å²) >= 11 is 3.30. The van der Waals surface area contributed by atoms with Gasteiger partial charge in [-0.3, -0.25) is 0 Å². The average molecular weight is 718 g/mol. The minimum atomic E-state index is 0.282. The third kappa shape index (κ3) is 25.7. The fraction of sp³-hybridized carbons (Fsp3) is 0.391. The standard InChI is InChI=1S/C14H14.C12H14O.C9H20.C6H9Br.C3H6.C2H6/c1-12(13-8-4-2-5-9-13)14-10-6-3-7-11-14;1-9(2)8-10(3)11-6-4-5-7-12(11)13;1-4-7-8-9(5-2)6-3;1-4-6(7)5(2)3;1-3-2;1-2/h2-12H,1H3;4-8,13H,3H2,1-2H3;9H,4-8H2,1-3H3;4H,1H2,2-3H3;3H,1H2,2H3;1-2H3. The molecule has 1 N–H and O–H groups in total. The molecule has 0 spiro atoms. The molecular weight excluding hydrogens is 648 g/mol. The zero-order valence-corrected chi connectivity index (χ0v) is 34.0. The Morgan fingerprint density at radius 2 is 1.19 bits per heavy atom. The van der Waals surface area contributed by atoms with E-state index in [2.05, 4.69) is 124 Å². The summed E-state index contributed by atoms with van der Waals surface area (Å²) in [7, 11) is 0. The Morgan fingerprint density at radius 3 is 1.50 bits per heavy atom. The fourth-order valence-corrected chi connectivity index (χ4v) is 4.24. The van der Waals surface area contributed by atoms with Gasteiger partial charge in [0.1, 0.15) is 5.75 Å². The van der Waals surface area contributed by atoms with E-state index >= 15 is 0 Å². The molecule has 3 aromatic carbocycles. The normalized spacial score (nSPS) is 9.12. The number of benzene rings is 3. The Hall–Kier alpha value is -3.36. The molecule has 0 aliphatic carbocycles. The molecule has 3 aromatic rings. The SMILES string of the molecule is C=C(C=C(C)C)c1ccccc1O.C=CC.C=CC(Br)=C(C)C.CC.CC(c1ccccc1)c1ccccc1.CCCCC(CC)CC. The third-order valence-electron chi connectivity index (χ3n) is 7.09. The van der Waals surface area contributed by atoms with Crippen molar-refractivity contribution in [1.29, 1.82) is 0 Å². The largest absolute Gasteiger partial charge is 0.507 e. The molecule has 0 fully saturated rings. The van der Waals surface area contributed by atoms with Crippen molar-refractivity contribution >= 4 is 21.5 Å². The maximum atomic E-state index is 9.50. The Morgan fingerprint density at radius 1 is 0.771 bits per heavy atom. The first-order valence-electron chi connectivity index (χ1n) is 17.7. The molecular formula is C46H69BrO. The molecule has 1 nitrogen and oxygen atoms in total. The van der Waals surface area contributed by atoms with Gasteiger partial charge in [-0.25, -0.2) is 0 Å². The molecule has 266 valence electrons. The lowest BCUT2D eigenvalue weighted by molar-refractivity contribution is 0.438. The molecule has 0 bridgehead atoms. The van der Waals surface area contributed by atoms with Crippen molar-refractivity contribution < 1.29 is 5.11 Å². The van der Waals surface area contributed by atoms with E-state index in [4.69, 9.17) is 0 Å².